The van der Waals surface area contributed by atoms with Crippen LogP contribution in [0.25, 0.3) is 10.1 Å². The van der Waals surface area contributed by atoms with E-state index in [1.54, 1.807) is 6.26 Å². The Morgan fingerprint density at radius 2 is 1.86 bits per heavy atom. The molecule has 1 unspecified atom stereocenters. The molecule has 0 spiro atoms. The summed E-state index contributed by atoms with van der Waals surface area (Å²) < 4.78 is 12.9. The van der Waals surface area contributed by atoms with Crippen LogP contribution >= 0.6 is 11.3 Å². The molecular formula is C22H26N2O2S2. The molecule has 0 saturated carbocycles. The molecule has 1 heterocycles. The Morgan fingerprint density at radius 1 is 1.14 bits per heavy atom. The smallest absolute Gasteiger partial charge is 0.261 e. The van der Waals surface area contributed by atoms with E-state index in [1.807, 2.05) is 36.4 Å². The first-order valence-electron chi connectivity index (χ1n) is 9.40. The number of anilines is 1. The summed E-state index contributed by atoms with van der Waals surface area (Å²) in [7, 11) is -1.00. The van der Waals surface area contributed by atoms with Crippen LogP contribution in [0.3, 0.4) is 0 Å². The first-order valence-corrected chi connectivity index (χ1v) is 11.9. The van der Waals surface area contributed by atoms with Crippen LogP contribution in [0.15, 0.2) is 48.5 Å². The second kappa shape index (κ2) is 9.34. The molecular weight excluding hydrogens is 388 g/mol. The van der Waals surface area contributed by atoms with Crippen molar-refractivity contribution in [1.29, 1.82) is 0 Å². The lowest BCUT2D eigenvalue weighted by atomic mass is 10.1. The third kappa shape index (κ3) is 4.62. The Bertz CT molecular complexity index is 997. The minimum absolute atomic E-state index is 0.0810. The predicted octanol–water partition coefficient (Wildman–Crippen LogP) is 4.34. The number of nitrogens with zero attached hydrogens (tertiary/aromatic N) is 1. The quantitative estimate of drug-likeness (QED) is 0.596. The van der Waals surface area contributed by atoms with Crippen LogP contribution in [0.5, 0.6) is 0 Å². The summed E-state index contributed by atoms with van der Waals surface area (Å²) >= 11 is 1.48. The van der Waals surface area contributed by atoms with Gasteiger partial charge in [-0.05, 0) is 42.5 Å². The van der Waals surface area contributed by atoms with Gasteiger partial charge in [0.25, 0.3) is 5.91 Å². The summed E-state index contributed by atoms with van der Waals surface area (Å²) in [5, 5.41) is 4.09. The van der Waals surface area contributed by atoms with E-state index < -0.39 is 10.8 Å². The number of hydrogen-bond acceptors (Lipinski definition) is 4. The normalized spacial score (nSPS) is 12.1. The van der Waals surface area contributed by atoms with E-state index in [2.05, 4.69) is 36.2 Å². The van der Waals surface area contributed by atoms with Crippen molar-refractivity contribution in [3.8, 4) is 0 Å². The highest BCUT2D eigenvalue weighted by Crippen LogP contribution is 2.32. The first kappa shape index (κ1) is 20.6. The van der Waals surface area contributed by atoms with Gasteiger partial charge in [0.15, 0.2) is 0 Å². The number of fused-ring (bicyclic) bond motifs is 1. The van der Waals surface area contributed by atoms with Gasteiger partial charge in [0, 0.05) is 47.1 Å². The maximum absolute atomic E-state index is 12.9. The minimum Gasteiger partial charge on any atom is -0.370 e. The van der Waals surface area contributed by atoms with Crippen molar-refractivity contribution in [2.45, 2.75) is 19.6 Å². The Morgan fingerprint density at radius 3 is 2.57 bits per heavy atom. The molecule has 28 heavy (non-hydrogen) atoms. The molecule has 1 N–H and O–H groups in total. The average Bonchev–Trinajstić information content (AvgIpc) is 3.04. The highest BCUT2D eigenvalue weighted by atomic mass is 32.2. The molecule has 1 aromatic heterocycles. The van der Waals surface area contributed by atoms with E-state index in [4.69, 9.17) is 0 Å². The Balaban J connectivity index is 1.73. The van der Waals surface area contributed by atoms with Gasteiger partial charge in [0.2, 0.25) is 0 Å². The van der Waals surface area contributed by atoms with Gasteiger partial charge in [-0.3, -0.25) is 9.00 Å². The van der Waals surface area contributed by atoms with Crippen molar-refractivity contribution in [2.24, 2.45) is 0 Å². The van der Waals surface area contributed by atoms with Gasteiger partial charge >= 0.3 is 0 Å². The van der Waals surface area contributed by atoms with Crippen LogP contribution in [0.4, 0.5) is 5.69 Å². The first-order chi connectivity index (χ1) is 13.5. The molecule has 0 saturated heterocycles. The third-order valence-electron chi connectivity index (χ3n) is 4.76. The number of hydrogen-bond donors (Lipinski definition) is 1. The zero-order valence-corrected chi connectivity index (χ0v) is 18.2. The van der Waals surface area contributed by atoms with Gasteiger partial charge in [-0.15, -0.1) is 11.3 Å². The largest absolute Gasteiger partial charge is 0.370 e. The summed E-state index contributed by atoms with van der Waals surface area (Å²) in [4.78, 5) is 15.8. The van der Waals surface area contributed by atoms with Gasteiger partial charge in [0.05, 0.1) is 10.6 Å². The zero-order chi connectivity index (χ0) is 20.1. The fourth-order valence-electron chi connectivity index (χ4n) is 3.38. The number of para-hydroxylation sites is 1. The zero-order valence-electron chi connectivity index (χ0n) is 16.5. The number of nitrogens with one attached hydrogen (secondary N) is 1. The molecule has 4 nitrogen and oxygen atoms in total. The van der Waals surface area contributed by atoms with Gasteiger partial charge in [-0.1, -0.05) is 36.4 Å². The monoisotopic (exact) mass is 414 g/mol. The second-order valence-electron chi connectivity index (χ2n) is 6.75. The van der Waals surface area contributed by atoms with Crippen LogP contribution in [0, 0.1) is 6.92 Å². The van der Waals surface area contributed by atoms with Gasteiger partial charge in [-0.25, -0.2) is 0 Å². The van der Waals surface area contributed by atoms with Crippen LogP contribution < -0.4 is 10.2 Å². The van der Waals surface area contributed by atoms with Crippen molar-refractivity contribution in [3.05, 3.63) is 64.5 Å². The van der Waals surface area contributed by atoms with E-state index in [0.717, 1.165) is 28.7 Å². The third-order valence-corrected chi connectivity index (χ3v) is 6.66. The van der Waals surface area contributed by atoms with E-state index in [9.17, 15) is 9.00 Å². The van der Waals surface area contributed by atoms with Crippen molar-refractivity contribution in [3.63, 3.8) is 0 Å². The number of carbonyl (C=O) groups excluding carboxylic acids is 1. The number of rotatable bonds is 8. The molecule has 1 amide bonds. The van der Waals surface area contributed by atoms with Crippen LogP contribution in [-0.2, 0) is 16.6 Å². The van der Waals surface area contributed by atoms with Gasteiger partial charge < -0.3 is 10.2 Å². The van der Waals surface area contributed by atoms with E-state index in [-0.39, 0.29) is 5.91 Å². The fourth-order valence-corrected chi connectivity index (χ4v) is 5.32. The van der Waals surface area contributed by atoms with Crippen LogP contribution in [0.2, 0.25) is 0 Å². The summed E-state index contributed by atoms with van der Waals surface area (Å²) in [5.74, 6) is 0.319. The summed E-state index contributed by atoms with van der Waals surface area (Å²) in [6, 6.07) is 16.2. The van der Waals surface area contributed by atoms with E-state index >= 15 is 0 Å². The lowest BCUT2D eigenvalue weighted by molar-refractivity contribution is 0.0958. The van der Waals surface area contributed by atoms with E-state index in [0.29, 0.717) is 17.2 Å². The topological polar surface area (TPSA) is 49.4 Å². The minimum atomic E-state index is -1.00. The summed E-state index contributed by atoms with van der Waals surface area (Å²) in [6.45, 7) is 6.40. The summed E-state index contributed by atoms with van der Waals surface area (Å²) in [5.41, 5.74) is 3.32. The molecule has 2 aromatic carbocycles. The van der Waals surface area contributed by atoms with E-state index in [1.165, 1.54) is 22.6 Å². The molecule has 3 aromatic rings. The maximum Gasteiger partial charge on any atom is 0.261 e. The number of aryl methyl sites for hydroxylation is 1. The number of benzene rings is 2. The van der Waals surface area contributed by atoms with Crippen molar-refractivity contribution < 1.29 is 9.00 Å². The summed E-state index contributed by atoms with van der Waals surface area (Å²) in [6.07, 6.45) is 1.68. The van der Waals surface area contributed by atoms with Crippen molar-refractivity contribution in [1.82, 2.24) is 5.32 Å². The van der Waals surface area contributed by atoms with Crippen molar-refractivity contribution in [2.75, 3.05) is 30.8 Å². The number of amides is 1. The molecule has 0 radical (unpaired) electrons. The molecule has 6 heteroatoms. The molecule has 0 aliphatic rings. The highest BCUT2D eigenvalue weighted by Gasteiger charge is 2.19. The number of carbonyl (C=O) groups is 1. The van der Waals surface area contributed by atoms with Crippen LogP contribution in [-0.4, -0.2) is 36.0 Å². The predicted molar refractivity (Wildman–Crippen MR) is 121 cm³/mol. The number of likely N-dealkylation sites (N-methyl/N-ethyl adjacent to an activating group) is 1. The Kier molecular flexibility index (Phi) is 6.86. The Hall–Kier alpha value is -2.18. The molecule has 0 bridgehead atoms. The molecule has 3 rings (SSSR count). The lowest BCUT2D eigenvalue weighted by Crippen LogP contribution is -2.35. The molecule has 148 valence electrons. The van der Waals surface area contributed by atoms with Crippen molar-refractivity contribution >= 4 is 43.8 Å². The van der Waals surface area contributed by atoms with Gasteiger partial charge in [0.1, 0.15) is 0 Å². The second-order valence-corrected chi connectivity index (χ2v) is 9.23. The average molecular weight is 415 g/mol. The fraction of sp³-hybridized carbons (Fsp3) is 0.318. The molecule has 1 atom stereocenters. The van der Waals surface area contributed by atoms with Crippen LogP contribution in [0.1, 0.15) is 27.7 Å². The lowest BCUT2D eigenvalue weighted by Gasteiger charge is -2.25. The maximum atomic E-state index is 12.9. The number of thiophene rings is 1. The molecule has 0 fully saturated rings. The Labute approximate surface area is 173 Å². The molecule has 0 aliphatic heterocycles. The van der Waals surface area contributed by atoms with Gasteiger partial charge in [-0.2, -0.15) is 0 Å². The standard InChI is InChI=1S/C22H26N2O2S2/c1-4-24(19-11-7-5-9-16(19)2)14-13-23-22(25)21-18(15-28(3)26)17-10-6-8-12-20(17)27-21/h5-12H,4,13-15H2,1-3H3,(H,23,25). The SMILES string of the molecule is CCN(CCNC(=O)c1sc2ccccc2c1CS(C)=O)c1ccccc1C. The molecule has 0 aliphatic carbocycles. The highest BCUT2D eigenvalue weighted by molar-refractivity contribution is 7.83.